The molecule has 4 heteroatoms. The van der Waals surface area contributed by atoms with Gasteiger partial charge in [0.05, 0.1) is 12.5 Å². The maximum atomic E-state index is 13.4. The number of allylic oxidation sites excluding steroid dienone is 3. The fourth-order valence-electron chi connectivity index (χ4n) is 10.7. The summed E-state index contributed by atoms with van der Waals surface area (Å²) in [5, 5.41) is 0. The van der Waals surface area contributed by atoms with Gasteiger partial charge in [-0.05, 0) is 91.8 Å². The van der Waals surface area contributed by atoms with Crippen LogP contribution in [0.15, 0.2) is 23.8 Å². The van der Waals surface area contributed by atoms with Crippen molar-refractivity contribution in [1.82, 2.24) is 0 Å². The first-order chi connectivity index (χ1) is 17.1. The molecule has 5 aliphatic rings. The van der Waals surface area contributed by atoms with Gasteiger partial charge in [0.15, 0.2) is 0 Å². The summed E-state index contributed by atoms with van der Waals surface area (Å²) in [5.41, 5.74) is 2.90. The van der Waals surface area contributed by atoms with Gasteiger partial charge in [0.1, 0.15) is 6.10 Å². The third-order valence-corrected chi connectivity index (χ3v) is 12.6. The lowest BCUT2D eigenvalue weighted by molar-refractivity contribution is -0.185. The number of hydrogen-bond donors (Lipinski definition) is 0. The van der Waals surface area contributed by atoms with Crippen molar-refractivity contribution in [1.29, 1.82) is 0 Å². The van der Waals surface area contributed by atoms with Crippen LogP contribution in [-0.2, 0) is 19.1 Å². The molecule has 4 nitrogen and oxygen atoms in total. The highest BCUT2D eigenvalue weighted by Gasteiger charge is 2.66. The topological polar surface area (TPSA) is 52.6 Å². The first-order valence-electron chi connectivity index (χ1n) is 14.8. The first kappa shape index (κ1) is 27.0. The minimum Gasteiger partial charge on any atom is -0.469 e. The molecule has 0 spiro atoms. The average Bonchev–Trinajstić information content (AvgIpc) is 3.05. The summed E-state index contributed by atoms with van der Waals surface area (Å²) in [4.78, 5) is 25.3. The van der Waals surface area contributed by atoms with E-state index in [1.807, 2.05) is 0 Å². The van der Waals surface area contributed by atoms with Gasteiger partial charge >= 0.3 is 11.9 Å². The normalized spacial score (nSPS) is 45.8. The van der Waals surface area contributed by atoms with E-state index in [1.165, 1.54) is 5.57 Å². The van der Waals surface area contributed by atoms with Gasteiger partial charge in [0, 0.05) is 18.3 Å². The van der Waals surface area contributed by atoms with Crippen molar-refractivity contribution >= 4 is 11.9 Å². The van der Waals surface area contributed by atoms with Crippen LogP contribution >= 0.6 is 0 Å². The number of carbonyl (C=O) groups excluding carboxylic acids is 2. The van der Waals surface area contributed by atoms with Crippen LogP contribution in [0.25, 0.3) is 0 Å². The molecule has 0 amide bonds. The molecular weight excluding hydrogens is 460 g/mol. The molecular formula is C33H50O4. The Hall–Kier alpha value is -1.58. The van der Waals surface area contributed by atoms with E-state index >= 15 is 0 Å². The molecule has 0 aromatic carbocycles. The molecule has 0 bridgehead atoms. The molecule has 0 heterocycles. The van der Waals surface area contributed by atoms with Crippen molar-refractivity contribution < 1.29 is 19.1 Å². The average molecular weight is 511 g/mol. The predicted octanol–water partition coefficient (Wildman–Crippen LogP) is 7.67. The highest BCUT2D eigenvalue weighted by molar-refractivity contribution is 5.78. The van der Waals surface area contributed by atoms with Crippen LogP contribution in [0.2, 0.25) is 0 Å². The molecule has 8 atom stereocenters. The summed E-state index contributed by atoms with van der Waals surface area (Å²) < 4.78 is 11.4. The number of rotatable bonds is 2. The summed E-state index contributed by atoms with van der Waals surface area (Å²) in [6.07, 6.45) is 11.7. The predicted molar refractivity (Wildman–Crippen MR) is 147 cm³/mol. The summed E-state index contributed by atoms with van der Waals surface area (Å²) >= 11 is 0. The number of fused-ring (bicyclic) bond motifs is 6. The molecule has 0 aromatic heterocycles. The van der Waals surface area contributed by atoms with Gasteiger partial charge in [0.2, 0.25) is 0 Å². The van der Waals surface area contributed by atoms with Crippen molar-refractivity contribution in [2.45, 2.75) is 112 Å². The number of carbonyl (C=O) groups is 2. The van der Waals surface area contributed by atoms with Gasteiger partial charge in [0.25, 0.3) is 0 Å². The zero-order valence-electron chi connectivity index (χ0n) is 24.7. The van der Waals surface area contributed by atoms with Crippen LogP contribution in [0.3, 0.4) is 0 Å². The Morgan fingerprint density at radius 2 is 1.68 bits per heavy atom. The molecule has 0 aliphatic heterocycles. The van der Waals surface area contributed by atoms with E-state index in [0.29, 0.717) is 17.8 Å². The van der Waals surface area contributed by atoms with E-state index in [-0.39, 0.29) is 45.6 Å². The maximum absolute atomic E-state index is 13.4. The number of ether oxygens (including phenoxy) is 2. The molecule has 0 N–H and O–H groups in total. The zero-order chi connectivity index (χ0) is 27.2. The Balaban J connectivity index is 1.53. The van der Waals surface area contributed by atoms with E-state index in [9.17, 15) is 9.59 Å². The molecule has 206 valence electrons. The van der Waals surface area contributed by atoms with Crippen LogP contribution in [0.5, 0.6) is 0 Å². The summed E-state index contributed by atoms with van der Waals surface area (Å²) in [5.74, 6) is 1.43. The van der Waals surface area contributed by atoms with Crippen LogP contribution in [0.4, 0.5) is 0 Å². The van der Waals surface area contributed by atoms with E-state index in [1.54, 1.807) is 19.6 Å². The Labute approximate surface area is 225 Å². The molecule has 0 aromatic rings. The fraction of sp³-hybridized carbons (Fsp3) is 0.818. The van der Waals surface area contributed by atoms with E-state index in [0.717, 1.165) is 57.8 Å². The van der Waals surface area contributed by atoms with Crippen molar-refractivity contribution in [3.05, 3.63) is 23.8 Å². The van der Waals surface area contributed by atoms with Crippen LogP contribution in [0, 0.1) is 50.7 Å². The molecule has 5 rings (SSSR count). The molecule has 4 unspecified atom stereocenters. The highest BCUT2D eigenvalue weighted by Crippen LogP contribution is 2.73. The summed E-state index contributed by atoms with van der Waals surface area (Å²) in [7, 11) is 1.56. The maximum Gasteiger partial charge on any atom is 0.312 e. The van der Waals surface area contributed by atoms with Crippen LogP contribution < -0.4 is 0 Å². The van der Waals surface area contributed by atoms with Crippen molar-refractivity contribution in [2.24, 2.45) is 50.7 Å². The summed E-state index contributed by atoms with van der Waals surface area (Å²) in [6.45, 7) is 20.8. The lowest BCUT2D eigenvalue weighted by Crippen LogP contribution is -2.58. The van der Waals surface area contributed by atoms with Gasteiger partial charge in [-0.2, -0.15) is 0 Å². The summed E-state index contributed by atoms with van der Waals surface area (Å²) in [6, 6.07) is 0. The van der Waals surface area contributed by atoms with Crippen LogP contribution in [0.1, 0.15) is 106 Å². The minimum atomic E-state index is -0.463. The Morgan fingerprint density at radius 1 is 0.973 bits per heavy atom. The Kier molecular flexibility index (Phi) is 6.17. The third kappa shape index (κ3) is 3.73. The second-order valence-corrected chi connectivity index (χ2v) is 15.3. The van der Waals surface area contributed by atoms with Crippen LogP contribution in [-0.4, -0.2) is 25.2 Å². The smallest absolute Gasteiger partial charge is 0.312 e. The van der Waals surface area contributed by atoms with E-state index in [2.05, 4.69) is 47.6 Å². The Bertz CT molecular complexity index is 1030. The monoisotopic (exact) mass is 510 g/mol. The molecule has 37 heavy (non-hydrogen) atoms. The van der Waals surface area contributed by atoms with Crippen molar-refractivity contribution in [3.63, 3.8) is 0 Å². The molecule has 0 radical (unpaired) electrons. The Morgan fingerprint density at radius 3 is 2.32 bits per heavy atom. The van der Waals surface area contributed by atoms with Gasteiger partial charge in [-0.15, -0.1) is 0 Å². The highest BCUT2D eigenvalue weighted by atomic mass is 16.5. The molecule has 0 saturated heterocycles. The number of esters is 2. The fourth-order valence-corrected chi connectivity index (χ4v) is 10.7. The molecule has 5 aliphatic carbocycles. The van der Waals surface area contributed by atoms with Gasteiger partial charge < -0.3 is 9.47 Å². The van der Waals surface area contributed by atoms with Crippen molar-refractivity contribution in [3.8, 4) is 0 Å². The number of methoxy groups -OCH3 is 1. The lowest BCUT2D eigenvalue weighted by Gasteiger charge is -2.62. The SMILES string of the molecule is C=C1C2CC3[C@@]4(C)CC[C@H](OC(C)=O)C(C)(C)C4CC[C@@]3(C)C2=CC[C@@]2(C(=O)OC)CCC(C)(C)CC12. The largest absolute Gasteiger partial charge is 0.469 e. The minimum absolute atomic E-state index is 0.00126. The second-order valence-electron chi connectivity index (χ2n) is 15.3. The third-order valence-electron chi connectivity index (χ3n) is 12.6. The number of hydrogen-bond acceptors (Lipinski definition) is 4. The van der Waals surface area contributed by atoms with Gasteiger partial charge in [-0.25, -0.2) is 0 Å². The quantitative estimate of drug-likeness (QED) is 0.282. The van der Waals surface area contributed by atoms with Gasteiger partial charge in [-0.1, -0.05) is 65.3 Å². The van der Waals surface area contributed by atoms with E-state index < -0.39 is 5.41 Å². The van der Waals surface area contributed by atoms with Gasteiger partial charge in [-0.3, -0.25) is 9.59 Å². The molecule has 4 fully saturated rings. The standard InChI is InChI=1S/C33H50O4/c1-20-22-18-26-31(7,13-11-25-30(5,6)27(37-21(2)34)12-14-32(25,26)8)23(22)10-15-33(28(35)36-9)17-16-29(3,4)19-24(20)33/h10,22,24-27H,1,11-19H2,2-9H3/t22?,24?,25?,26?,27-,31-,32-,33+/m0/s1. The molecule has 4 saturated carbocycles. The second kappa shape index (κ2) is 8.46. The zero-order valence-corrected chi connectivity index (χ0v) is 24.7. The first-order valence-corrected chi connectivity index (χ1v) is 14.8. The van der Waals surface area contributed by atoms with E-state index in [4.69, 9.17) is 16.1 Å². The van der Waals surface area contributed by atoms with Crippen molar-refractivity contribution in [2.75, 3.05) is 7.11 Å². The lowest BCUT2D eigenvalue weighted by atomic mass is 9.43.